The molecule has 2 N–H and O–H groups in total. The predicted octanol–water partition coefficient (Wildman–Crippen LogP) is 3.74. The Balaban J connectivity index is 2.21. The minimum atomic E-state index is -4.61. The van der Waals surface area contributed by atoms with Gasteiger partial charge in [0.05, 0.1) is 28.8 Å². The van der Waals surface area contributed by atoms with Gasteiger partial charge in [0, 0.05) is 23.0 Å². The lowest BCUT2D eigenvalue weighted by Gasteiger charge is -2.41. The maximum atomic E-state index is 13.3. The first-order valence-corrected chi connectivity index (χ1v) is 11.8. The van der Waals surface area contributed by atoms with Crippen molar-refractivity contribution >= 4 is 22.8 Å². The average Bonchev–Trinajstić information content (AvgIpc) is 2.81. The van der Waals surface area contributed by atoms with Gasteiger partial charge < -0.3 is 19.3 Å². The van der Waals surface area contributed by atoms with Crippen LogP contribution < -0.4 is 10.2 Å². The highest BCUT2D eigenvalue weighted by Gasteiger charge is 2.40. The van der Waals surface area contributed by atoms with Crippen molar-refractivity contribution in [1.29, 1.82) is 5.26 Å². The summed E-state index contributed by atoms with van der Waals surface area (Å²) >= 11 is -1.57. The third-order valence-corrected chi connectivity index (χ3v) is 6.34. The molecule has 184 valence electrons. The van der Waals surface area contributed by atoms with Crippen LogP contribution in [-0.2, 0) is 26.9 Å². The van der Waals surface area contributed by atoms with Crippen LogP contribution in [0, 0.1) is 11.3 Å². The molecule has 0 aromatic heterocycles. The van der Waals surface area contributed by atoms with Crippen LogP contribution in [-0.4, -0.2) is 34.8 Å². The first-order chi connectivity index (χ1) is 16.5. The highest BCUT2D eigenvalue weighted by atomic mass is 32.2. The summed E-state index contributed by atoms with van der Waals surface area (Å²) in [6.45, 7) is 4.84. The third-order valence-electron chi connectivity index (χ3n) is 5.37. The van der Waals surface area contributed by atoms with Gasteiger partial charge >= 0.3 is 12.1 Å². The van der Waals surface area contributed by atoms with Crippen LogP contribution >= 0.6 is 0 Å². The Kier molecular flexibility index (Phi) is 7.92. The highest BCUT2D eigenvalue weighted by Crippen LogP contribution is 2.39. The van der Waals surface area contributed by atoms with E-state index in [4.69, 9.17) is 4.74 Å². The van der Waals surface area contributed by atoms with Gasteiger partial charge in [-0.1, -0.05) is 24.8 Å². The Bertz CT molecular complexity index is 1210. The topological polar surface area (TPSA) is 109 Å². The first-order valence-electron chi connectivity index (χ1n) is 10.3. The molecule has 3 rings (SSSR count). The van der Waals surface area contributed by atoms with Gasteiger partial charge in [-0.25, -0.2) is 4.79 Å². The molecule has 0 spiro atoms. The van der Waals surface area contributed by atoms with Crippen molar-refractivity contribution in [2.24, 2.45) is 0 Å². The monoisotopic (exact) mass is 505 g/mol. The molecule has 0 aliphatic carbocycles. The number of allylic oxidation sites excluding steroid dienone is 1. The van der Waals surface area contributed by atoms with Crippen LogP contribution in [0.4, 0.5) is 18.9 Å². The van der Waals surface area contributed by atoms with Crippen LogP contribution in [0.2, 0.25) is 0 Å². The molecule has 1 heterocycles. The lowest BCUT2D eigenvalue weighted by Crippen LogP contribution is -2.52. The van der Waals surface area contributed by atoms with Gasteiger partial charge in [0.25, 0.3) is 0 Å². The molecule has 2 aromatic carbocycles. The first kappa shape index (κ1) is 26.3. The molecular formula is C24H22F3N3O4S. The zero-order chi connectivity index (χ0) is 25.9. The van der Waals surface area contributed by atoms with Crippen molar-refractivity contribution in [3.8, 4) is 6.07 Å². The highest BCUT2D eigenvalue weighted by molar-refractivity contribution is 7.90. The lowest BCUT2D eigenvalue weighted by atomic mass is 9.93. The maximum absolute atomic E-state index is 13.3. The van der Waals surface area contributed by atoms with Gasteiger partial charge in [-0.2, -0.15) is 18.4 Å². The molecule has 0 radical (unpaired) electrons. The summed E-state index contributed by atoms with van der Waals surface area (Å²) in [6.07, 6.45) is -3.40. The number of nitrogens with one attached hydrogen (secondary N) is 1. The second-order valence-electron chi connectivity index (χ2n) is 7.60. The van der Waals surface area contributed by atoms with E-state index in [-0.39, 0.29) is 34.0 Å². The number of hydrogen-bond donors (Lipinski definition) is 2. The number of halogens is 3. The van der Waals surface area contributed by atoms with Gasteiger partial charge in [0.1, 0.15) is 12.9 Å². The minimum Gasteiger partial charge on any atom is -0.612 e. The molecule has 11 heteroatoms. The number of hydrogen-bond acceptors (Lipinski definition) is 7. The van der Waals surface area contributed by atoms with Crippen molar-refractivity contribution < 1.29 is 32.4 Å². The van der Waals surface area contributed by atoms with E-state index in [0.717, 1.165) is 17.0 Å². The van der Waals surface area contributed by atoms with Crippen LogP contribution in [0.3, 0.4) is 0 Å². The molecule has 3 unspecified atom stereocenters. The normalized spacial score (nSPS) is 19.2. The van der Waals surface area contributed by atoms with Crippen LogP contribution in [0.1, 0.15) is 29.7 Å². The number of benzene rings is 2. The fourth-order valence-electron chi connectivity index (χ4n) is 3.81. The number of nitriles is 1. The summed E-state index contributed by atoms with van der Waals surface area (Å²) in [5, 5.41) is 23.0. The van der Waals surface area contributed by atoms with Crippen molar-refractivity contribution in [2.45, 2.75) is 30.4 Å². The molecule has 0 amide bonds. The number of carbonyl (C=O) groups excluding carboxylic acids is 1. The van der Waals surface area contributed by atoms with Crippen LogP contribution in [0.5, 0.6) is 0 Å². The summed E-state index contributed by atoms with van der Waals surface area (Å²) in [6, 6.07) is 9.64. The molecule has 0 saturated carbocycles. The number of aliphatic hydroxyl groups excluding tert-OH is 1. The molecule has 1 aliphatic heterocycles. The van der Waals surface area contributed by atoms with E-state index in [1.807, 2.05) is 6.07 Å². The van der Waals surface area contributed by atoms with Crippen molar-refractivity contribution in [1.82, 2.24) is 5.32 Å². The number of esters is 1. The quantitative estimate of drug-likeness (QED) is 0.350. The van der Waals surface area contributed by atoms with Crippen molar-refractivity contribution in [3.63, 3.8) is 0 Å². The Labute approximate surface area is 203 Å². The van der Waals surface area contributed by atoms with Crippen molar-refractivity contribution in [3.05, 3.63) is 83.1 Å². The SMILES string of the molecule is C=CCOC(=O)C1=C(C)N(c2cccc(C(F)(F)F)c2)C(O)NC1c1ccc(C#N)cc1[S+](C)[O-]. The van der Waals surface area contributed by atoms with E-state index in [0.29, 0.717) is 5.56 Å². The second-order valence-corrected chi connectivity index (χ2v) is 8.94. The third kappa shape index (κ3) is 5.52. The predicted molar refractivity (Wildman–Crippen MR) is 123 cm³/mol. The van der Waals surface area contributed by atoms with E-state index < -0.39 is 41.3 Å². The molecule has 7 nitrogen and oxygen atoms in total. The number of nitrogens with zero attached hydrogens (tertiary/aromatic N) is 2. The summed E-state index contributed by atoms with van der Waals surface area (Å²) < 4.78 is 57.6. The van der Waals surface area contributed by atoms with Gasteiger partial charge in [-0.3, -0.25) is 5.32 Å². The maximum Gasteiger partial charge on any atom is 0.416 e. The van der Waals surface area contributed by atoms with Gasteiger partial charge in [-0.15, -0.1) is 0 Å². The van der Waals surface area contributed by atoms with E-state index >= 15 is 0 Å². The summed E-state index contributed by atoms with van der Waals surface area (Å²) in [4.78, 5) is 14.5. The standard InChI is InChI=1S/C24H22F3N3O4S/c1-4-10-34-22(31)20-14(2)30(17-7-5-6-16(12-17)24(25,26)27)23(32)29-21(20)18-9-8-15(13-28)11-19(18)35(3)33/h4-9,11-12,21,23,29,32H,1,10H2,2-3H3. The molecule has 0 fully saturated rings. The Morgan fingerprint density at radius 3 is 2.69 bits per heavy atom. The molecule has 2 aromatic rings. The fraction of sp³-hybridized carbons (Fsp3) is 0.250. The number of ether oxygens (including phenoxy) is 1. The smallest absolute Gasteiger partial charge is 0.416 e. The molecule has 1 aliphatic rings. The van der Waals surface area contributed by atoms with E-state index in [9.17, 15) is 32.9 Å². The molecule has 0 saturated heterocycles. The number of rotatable bonds is 6. The number of anilines is 1. The Morgan fingerprint density at radius 2 is 2.09 bits per heavy atom. The zero-order valence-corrected chi connectivity index (χ0v) is 19.6. The van der Waals surface area contributed by atoms with Gasteiger partial charge in [0.15, 0.2) is 11.2 Å². The average molecular weight is 506 g/mol. The number of aliphatic hydroxyl groups is 1. The minimum absolute atomic E-state index is 0.00836. The molecule has 0 bridgehead atoms. The lowest BCUT2D eigenvalue weighted by molar-refractivity contribution is -0.139. The second kappa shape index (κ2) is 10.5. The van der Waals surface area contributed by atoms with E-state index in [1.165, 1.54) is 49.6 Å². The molecule has 35 heavy (non-hydrogen) atoms. The summed E-state index contributed by atoms with van der Waals surface area (Å²) in [5.41, 5.74) is -0.222. The number of alkyl halides is 3. The zero-order valence-electron chi connectivity index (χ0n) is 18.8. The van der Waals surface area contributed by atoms with Gasteiger partial charge in [-0.05, 0) is 42.4 Å². The van der Waals surface area contributed by atoms with Gasteiger partial charge in [0.2, 0.25) is 0 Å². The molecular weight excluding hydrogens is 483 g/mol. The van der Waals surface area contributed by atoms with Crippen LogP contribution in [0.25, 0.3) is 0 Å². The van der Waals surface area contributed by atoms with E-state index in [1.54, 1.807) is 0 Å². The number of carbonyl (C=O) groups is 1. The van der Waals surface area contributed by atoms with Crippen molar-refractivity contribution in [2.75, 3.05) is 17.8 Å². The Morgan fingerprint density at radius 1 is 1.37 bits per heavy atom. The molecule has 3 atom stereocenters. The fourth-order valence-corrected chi connectivity index (χ4v) is 4.62. The summed E-state index contributed by atoms with van der Waals surface area (Å²) in [7, 11) is 0. The van der Waals surface area contributed by atoms with E-state index in [2.05, 4.69) is 11.9 Å². The Hall–Kier alpha value is -3.30. The largest absolute Gasteiger partial charge is 0.612 e. The van der Waals surface area contributed by atoms with Crippen LogP contribution in [0.15, 0.2) is 71.3 Å². The summed E-state index contributed by atoms with van der Waals surface area (Å²) in [5.74, 6) is -0.805.